The predicted octanol–water partition coefficient (Wildman–Crippen LogP) is 1.57. The average molecular weight is 281 g/mol. The molecule has 4 heteroatoms. The Bertz CT molecular complexity index is 300. The van der Waals surface area contributed by atoms with Gasteiger partial charge in [-0.1, -0.05) is 19.3 Å². The van der Waals surface area contributed by atoms with Crippen LogP contribution in [0.15, 0.2) is 0 Å². The molecule has 2 aliphatic rings. The van der Waals surface area contributed by atoms with Gasteiger partial charge in [0.15, 0.2) is 0 Å². The minimum atomic E-state index is 0.223. The van der Waals surface area contributed by atoms with Crippen LogP contribution in [0.4, 0.5) is 0 Å². The number of rotatable bonds is 6. The molecule has 0 aromatic heterocycles. The molecule has 1 aliphatic heterocycles. The van der Waals surface area contributed by atoms with Crippen molar-refractivity contribution < 1.29 is 4.79 Å². The molecule has 1 atom stereocenters. The van der Waals surface area contributed by atoms with E-state index < -0.39 is 0 Å². The summed E-state index contributed by atoms with van der Waals surface area (Å²) in [5.74, 6) is 1.69. The lowest BCUT2D eigenvalue weighted by molar-refractivity contribution is -0.122. The first-order valence-electron chi connectivity index (χ1n) is 8.27. The van der Waals surface area contributed by atoms with Crippen molar-refractivity contribution in [2.75, 3.05) is 46.8 Å². The number of carbonyl (C=O) groups is 1. The molecule has 1 unspecified atom stereocenters. The first-order chi connectivity index (χ1) is 9.63. The summed E-state index contributed by atoms with van der Waals surface area (Å²) in [6.45, 7) is 4.79. The lowest BCUT2D eigenvalue weighted by atomic mass is 9.89. The third kappa shape index (κ3) is 5.41. The van der Waals surface area contributed by atoms with E-state index in [9.17, 15) is 4.79 Å². The summed E-state index contributed by atoms with van der Waals surface area (Å²) < 4.78 is 0. The van der Waals surface area contributed by atoms with E-state index in [1.54, 1.807) is 0 Å². The average Bonchev–Trinajstić information content (AvgIpc) is 2.84. The molecule has 1 heterocycles. The molecule has 2 rings (SSSR count). The van der Waals surface area contributed by atoms with E-state index in [4.69, 9.17) is 0 Å². The highest BCUT2D eigenvalue weighted by molar-refractivity contribution is 5.78. The number of hydrogen-bond acceptors (Lipinski definition) is 3. The Morgan fingerprint density at radius 3 is 2.60 bits per heavy atom. The standard InChI is InChI=1S/C16H31N3O/c1-18(2)11-15-8-9-19(12-15)13-16(20)17-10-14-6-4-3-5-7-14/h14-15H,3-13H2,1-2H3,(H,17,20). The van der Waals surface area contributed by atoms with Gasteiger partial charge in [0.25, 0.3) is 0 Å². The van der Waals surface area contributed by atoms with Crippen LogP contribution in [0.25, 0.3) is 0 Å². The van der Waals surface area contributed by atoms with Crippen LogP contribution in [0.3, 0.4) is 0 Å². The van der Waals surface area contributed by atoms with Crippen LogP contribution < -0.4 is 5.32 Å². The fraction of sp³-hybridized carbons (Fsp3) is 0.938. The van der Waals surface area contributed by atoms with E-state index in [2.05, 4.69) is 29.2 Å². The molecule has 0 spiro atoms. The van der Waals surface area contributed by atoms with Gasteiger partial charge in [-0.15, -0.1) is 0 Å². The van der Waals surface area contributed by atoms with Crippen molar-refractivity contribution in [3.8, 4) is 0 Å². The third-order valence-corrected chi connectivity index (χ3v) is 4.67. The first-order valence-corrected chi connectivity index (χ1v) is 8.27. The Labute approximate surface area is 123 Å². The van der Waals surface area contributed by atoms with Crippen molar-refractivity contribution >= 4 is 5.91 Å². The molecule has 1 amide bonds. The van der Waals surface area contributed by atoms with Gasteiger partial charge in [0, 0.05) is 19.6 Å². The molecule has 0 aromatic rings. The molecule has 0 aromatic carbocycles. The normalized spacial score (nSPS) is 25.2. The summed E-state index contributed by atoms with van der Waals surface area (Å²) >= 11 is 0. The van der Waals surface area contributed by atoms with Gasteiger partial charge in [-0.05, 0) is 51.7 Å². The van der Waals surface area contributed by atoms with E-state index >= 15 is 0 Å². The second-order valence-corrected chi connectivity index (χ2v) is 6.96. The molecule has 1 aliphatic carbocycles. The highest BCUT2D eigenvalue weighted by Crippen LogP contribution is 2.22. The van der Waals surface area contributed by atoms with Gasteiger partial charge in [-0.25, -0.2) is 0 Å². The summed E-state index contributed by atoms with van der Waals surface area (Å²) in [4.78, 5) is 16.6. The van der Waals surface area contributed by atoms with Crippen LogP contribution in [-0.4, -0.2) is 62.5 Å². The summed E-state index contributed by atoms with van der Waals surface area (Å²) in [7, 11) is 4.25. The van der Waals surface area contributed by atoms with Crippen molar-refractivity contribution in [2.45, 2.75) is 38.5 Å². The van der Waals surface area contributed by atoms with E-state index in [1.807, 2.05) is 0 Å². The summed E-state index contributed by atoms with van der Waals surface area (Å²) in [5.41, 5.74) is 0. The quantitative estimate of drug-likeness (QED) is 0.803. The number of nitrogens with zero attached hydrogens (tertiary/aromatic N) is 2. The second-order valence-electron chi connectivity index (χ2n) is 6.96. The summed E-state index contributed by atoms with van der Waals surface area (Å²) in [5, 5.41) is 3.14. The van der Waals surface area contributed by atoms with E-state index in [1.165, 1.54) is 38.5 Å². The molecular weight excluding hydrogens is 250 g/mol. The zero-order chi connectivity index (χ0) is 14.4. The fourth-order valence-corrected chi connectivity index (χ4v) is 3.63. The Morgan fingerprint density at radius 2 is 1.90 bits per heavy atom. The van der Waals surface area contributed by atoms with Crippen LogP contribution >= 0.6 is 0 Å². The van der Waals surface area contributed by atoms with Crippen molar-refractivity contribution in [3.05, 3.63) is 0 Å². The van der Waals surface area contributed by atoms with Gasteiger partial charge in [0.05, 0.1) is 6.54 Å². The molecule has 1 saturated heterocycles. The molecule has 116 valence electrons. The molecular formula is C16H31N3O. The summed E-state index contributed by atoms with van der Waals surface area (Å²) in [6.07, 6.45) is 7.90. The smallest absolute Gasteiger partial charge is 0.234 e. The topological polar surface area (TPSA) is 35.6 Å². The van der Waals surface area contributed by atoms with E-state index in [0.29, 0.717) is 6.54 Å². The number of nitrogens with one attached hydrogen (secondary N) is 1. The number of likely N-dealkylation sites (tertiary alicyclic amines) is 1. The maximum Gasteiger partial charge on any atom is 0.234 e. The van der Waals surface area contributed by atoms with Gasteiger partial charge in [-0.3, -0.25) is 9.69 Å². The SMILES string of the molecule is CN(C)CC1CCN(CC(=O)NCC2CCCCC2)C1. The lowest BCUT2D eigenvalue weighted by Crippen LogP contribution is -2.38. The van der Waals surface area contributed by atoms with Crippen molar-refractivity contribution in [3.63, 3.8) is 0 Å². The van der Waals surface area contributed by atoms with Crippen LogP contribution in [0, 0.1) is 11.8 Å². The minimum Gasteiger partial charge on any atom is -0.355 e. The maximum atomic E-state index is 12.0. The molecule has 4 nitrogen and oxygen atoms in total. The van der Waals surface area contributed by atoms with Gasteiger partial charge in [0.2, 0.25) is 5.91 Å². The second kappa shape index (κ2) is 7.99. The lowest BCUT2D eigenvalue weighted by Gasteiger charge is -2.22. The van der Waals surface area contributed by atoms with Crippen molar-refractivity contribution in [1.29, 1.82) is 0 Å². The highest BCUT2D eigenvalue weighted by Gasteiger charge is 2.24. The molecule has 1 saturated carbocycles. The Hall–Kier alpha value is -0.610. The third-order valence-electron chi connectivity index (χ3n) is 4.67. The van der Waals surface area contributed by atoms with Gasteiger partial charge < -0.3 is 10.2 Å². The predicted molar refractivity (Wildman–Crippen MR) is 82.7 cm³/mol. The van der Waals surface area contributed by atoms with E-state index in [0.717, 1.165) is 38.0 Å². The minimum absolute atomic E-state index is 0.223. The van der Waals surface area contributed by atoms with Crippen LogP contribution in [0.1, 0.15) is 38.5 Å². The number of amides is 1. The Morgan fingerprint density at radius 1 is 1.15 bits per heavy atom. The van der Waals surface area contributed by atoms with Crippen LogP contribution in [0.5, 0.6) is 0 Å². The molecule has 0 radical (unpaired) electrons. The zero-order valence-electron chi connectivity index (χ0n) is 13.2. The largest absolute Gasteiger partial charge is 0.355 e. The molecule has 2 fully saturated rings. The van der Waals surface area contributed by atoms with Gasteiger partial charge in [-0.2, -0.15) is 0 Å². The number of hydrogen-bond donors (Lipinski definition) is 1. The zero-order valence-corrected chi connectivity index (χ0v) is 13.2. The molecule has 20 heavy (non-hydrogen) atoms. The molecule has 0 bridgehead atoms. The van der Waals surface area contributed by atoms with Crippen LogP contribution in [0.2, 0.25) is 0 Å². The monoisotopic (exact) mass is 281 g/mol. The fourth-order valence-electron chi connectivity index (χ4n) is 3.63. The maximum absolute atomic E-state index is 12.0. The van der Waals surface area contributed by atoms with Crippen molar-refractivity contribution in [1.82, 2.24) is 15.1 Å². The Kier molecular flexibility index (Phi) is 6.30. The van der Waals surface area contributed by atoms with Crippen molar-refractivity contribution in [2.24, 2.45) is 11.8 Å². The molecule has 1 N–H and O–H groups in total. The Balaban J connectivity index is 1.60. The number of carbonyl (C=O) groups excluding carboxylic acids is 1. The van der Waals surface area contributed by atoms with Gasteiger partial charge in [0.1, 0.15) is 0 Å². The highest BCUT2D eigenvalue weighted by atomic mass is 16.2. The first kappa shape index (κ1) is 15.8. The van der Waals surface area contributed by atoms with Gasteiger partial charge >= 0.3 is 0 Å². The van der Waals surface area contributed by atoms with E-state index in [-0.39, 0.29) is 5.91 Å². The van der Waals surface area contributed by atoms with Crippen LogP contribution in [-0.2, 0) is 4.79 Å². The summed E-state index contributed by atoms with van der Waals surface area (Å²) in [6, 6.07) is 0.